The minimum atomic E-state index is -5.01. The Labute approximate surface area is 111 Å². The Morgan fingerprint density at radius 2 is 2.00 bits per heavy atom. The number of aromatic nitrogens is 1. The lowest BCUT2D eigenvalue weighted by atomic mass is 10.1. The van der Waals surface area contributed by atoms with Gasteiger partial charge in [-0.25, -0.2) is 13.8 Å². The Balaban J connectivity index is 3.39. The highest BCUT2D eigenvalue weighted by molar-refractivity contribution is 14.1. The summed E-state index contributed by atoms with van der Waals surface area (Å²) >= 11 is 1.38. The van der Waals surface area contributed by atoms with Crippen LogP contribution in [0.2, 0.25) is 0 Å². The number of carboxylic acids is 1. The lowest BCUT2D eigenvalue weighted by Crippen LogP contribution is -2.15. The van der Waals surface area contributed by atoms with Crippen molar-refractivity contribution in [2.45, 2.75) is 19.0 Å². The Morgan fingerprint density at radius 3 is 2.39 bits per heavy atom. The minimum absolute atomic E-state index is 0.175. The average Bonchev–Trinajstić information content (AvgIpc) is 2.17. The van der Waals surface area contributed by atoms with E-state index in [1.54, 1.807) is 0 Å². The predicted molar refractivity (Wildman–Crippen MR) is 58.3 cm³/mol. The summed E-state index contributed by atoms with van der Waals surface area (Å²) in [5.74, 6) is -1.34. The lowest BCUT2D eigenvalue weighted by Gasteiger charge is -2.13. The predicted octanol–water partition coefficient (Wildman–Crippen LogP) is 3.27. The summed E-state index contributed by atoms with van der Waals surface area (Å²) < 4.78 is 62.2. The van der Waals surface area contributed by atoms with E-state index in [1.165, 1.54) is 22.6 Å². The van der Waals surface area contributed by atoms with Crippen molar-refractivity contribution in [2.75, 3.05) is 0 Å². The summed E-state index contributed by atoms with van der Waals surface area (Å²) in [6.45, 7) is 0. The summed E-state index contributed by atoms with van der Waals surface area (Å²) in [6, 6.07) is 0.538. The molecule has 9 heteroatoms. The van der Waals surface area contributed by atoms with E-state index in [0.717, 1.165) is 0 Å². The molecule has 100 valence electrons. The van der Waals surface area contributed by atoms with E-state index in [9.17, 15) is 26.7 Å². The Kier molecular flexibility index (Phi) is 4.46. The third kappa shape index (κ3) is 3.50. The van der Waals surface area contributed by atoms with Crippen LogP contribution in [0.4, 0.5) is 22.0 Å². The first-order valence-electron chi connectivity index (χ1n) is 4.39. The molecular weight excluding hydrogens is 376 g/mol. The largest absolute Gasteiger partial charge is 0.481 e. The van der Waals surface area contributed by atoms with E-state index < -0.39 is 36.2 Å². The number of nitrogens with zero attached hydrogens (tertiary/aromatic N) is 1. The van der Waals surface area contributed by atoms with Crippen LogP contribution < -0.4 is 0 Å². The van der Waals surface area contributed by atoms with Crippen molar-refractivity contribution in [1.82, 2.24) is 4.98 Å². The fourth-order valence-corrected chi connectivity index (χ4v) is 1.82. The van der Waals surface area contributed by atoms with E-state index in [2.05, 4.69) is 4.98 Å². The van der Waals surface area contributed by atoms with E-state index in [4.69, 9.17) is 5.11 Å². The van der Waals surface area contributed by atoms with Gasteiger partial charge in [0.15, 0.2) is 5.69 Å². The Hall–Kier alpha value is -1.00. The zero-order chi connectivity index (χ0) is 14.1. The fourth-order valence-electron chi connectivity index (χ4n) is 1.23. The first-order chi connectivity index (χ1) is 8.12. The number of carboxylic acid groups (broad SMARTS) is 1. The van der Waals surface area contributed by atoms with Gasteiger partial charge >= 0.3 is 12.1 Å². The number of hydrogen-bond donors (Lipinski definition) is 1. The molecule has 0 amide bonds. The number of aliphatic carboxylic acids is 1. The molecule has 0 atom stereocenters. The normalized spacial score (nSPS) is 11.9. The van der Waals surface area contributed by atoms with Crippen LogP contribution in [0.1, 0.15) is 23.2 Å². The van der Waals surface area contributed by atoms with Crippen molar-refractivity contribution < 1.29 is 31.9 Å². The molecule has 0 bridgehead atoms. The second-order valence-corrected chi connectivity index (χ2v) is 4.27. The van der Waals surface area contributed by atoms with Crippen LogP contribution in [0.15, 0.2) is 6.07 Å². The number of pyridine rings is 1. The van der Waals surface area contributed by atoms with Gasteiger partial charge < -0.3 is 5.11 Å². The number of rotatable bonds is 3. The third-order valence-corrected chi connectivity index (χ3v) is 2.86. The molecular formula is C9H5F5INO2. The molecule has 18 heavy (non-hydrogen) atoms. The minimum Gasteiger partial charge on any atom is -0.481 e. The molecule has 1 rings (SSSR count). The highest BCUT2D eigenvalue weighted by Crippen LogP contribution is 2.36. The van der Waals surface area contributed by atoms with Crippen molar-refractivity contribution in [3.63, 3.8) is 0 Å². The molecule has 0 fully saturated rings. The van der Waals surface area contributed by atoms with Crippen LogP contribution in [-0.2, 0) is 17.4 Å². The van der Waals surface area contributed by atoms with E-state index in [1.807, 2.05) is 0 Å². The number of halogens is 6. The maximum atomic E-state index is 12.5. The first kappa shape index (κ1) is 15.1. The molecule has 0 aliphatic carbocycles. The summed E-state index contributed by atoms with van der Waals surface area (Å²) in [6.07, 6.45) is -9.05. The van der Waals surface area contributed by atoms with Gasteiger partial charge in [-0.05, 0) is 34.2 Å². The van der Waals surface area contributed by atoms with Gasteiger partial charge in [0.1, 0.15) is 3.70 Å². The van der Waals surface area contributed by atoms with Crippen molar-refractivity contribution in [2.24, 2.45) is 0 Å². The molecule has 1 aromatic heterocycles. The number of hydrogen-bond acceptors (Lipinski definition) is 2. The van der Waals surface area contributed by atoms with Crippen LogP contribution in [0, 0.1) is 3.70 Å². The van der Waals surface area contributed by atoms with Crippen LogP contribution in [0.3, 0.4) is 0 Å². The highest BCUT2D eigenvalue weighted by atomic mass is 127. The summed E-state index contributed by atoms with van der Waals surface area (Å²) in [7, 11) is 0. The summed E-state index contributed by atoms with van der Waals surface area (Å²) in [5, 5.41) is 8.51. The third-order valence-electron chi connectivity index (χ3n) is 1.92. The second kappa shape index (κ2) is 5.33. The van der Waals surface area contributed by atoms with Gasteiger partial charge in [0, 0.05) is 5.56 Å². The standard InChI is InChI=1S/C9H5F5INO2/c10-7(11)4-1-3(2-5(17)18)8(15)16-6(4)9(12,13)14/h1,7H,2H2,(H,17,18). The van der Waals surface area contributed by atoms with Crippen LogP contribution >= 0.6 is 22.6 Å². The van der Waals surface area contributed by atoms with Gasteiger partial charge in [0.05, 0.1) is 6.42 Å². The molecule has 1 aromatic rings. The SMILES string of the molecule is O=C(O)Cc1cc(C(F)F)c(C(F)(F)F)nc1I. The topological polar surface area (TPSA) is 50.2 Å². The number of carbonyl (C=O) groups is 1. The van der Waals surface area contributed by atoms with Gasteiger partial charge in [-0.2, -0.15) is 13.2 Å². The zero-order valence-electron chi connectivity index (χ0n) is 8.43. The average molecular weight is 381 g/mol. The molecule has 0 aliphatic rings. The monoisotopic (exact) mass is 381 g/mol. The van der Waals surface area contributed by atoms with Gasteiger partial charge in [-0.1, -0.05) is 0 Å². The molecule has 3 nitrogen and oxygen atoms in total. The lowest BCUT2D eigenvalue weighted by molar-refractivity contribution is -0.143. The maximum Gasteiger partial charge on any atom is 0.433 e. The quantitative estimate of drug-likeness (QED) is 0.497. The fraction of sp³-hybridized carbons (Fsp3) is 0.333. The Bertz CT molecular complexity index is 475. The molecule has 0 unspecified atom stereocenters. The van der Waals surface area contributed by atoms with Gasteiger partial charge in [0.2, 0.25) is 0 Å². The van der Waals surface area contributed by atoms with Gasteiger partial charge in [-0.15, -0.1) is 0 Å². The van der Waals surface area contributed by atoms with Crippen molar-refractivity contribution >= 4 is 28.6 Å². The molecule has 0 saturated heterocycles. The highest BCUT2D eigenvalue weighted by Gasteiger charge is 2.38. The van der Waals surface area contributed by atoms with Gasteiger partial charge in [0.25, 0.3) is 6.43 Å². The summed E-state index contributed by atoms with van der Waals surface area (Å²) in [5.41, 5.74) is -3.17. The van der Waals surface area contributed by atoms with E-state index in [0.29, 0.717) is 6.07 Å². The van der Waals surface area contributed by atoms with E-state index >= 15 is 0 Å². The second-order valence-electron chi connectivity index (χ2n) is 3.25. The van der Waals surface area contributed by atoms with Crippen molar-refractivity contribution in [3.05, 3.63) is 26.6 Å². The molecule has 0 aliphatic heterocycles. The Morgan fingerprint density at radius 1 is 1.44 bits per heavy atom. The summed E-state index contributed by atoms with van der Waals surface area (Å²) in [4.78, 5) is 13.5. The maximum absolute atomic E-state index is 12.5. The zero-order valence-corrected chi connectivity index (χ0v) is 10.6. The number of alkyl halides is 5. The molecule has 0 saturated carbocycles. The molecule has 1 N–H and O–H groups in total. The van der Waals surface area contributed by atoms with Crippen molar-refractivity contribution in [3.8, 4) is 0 Å². The van der Waals surface area contributed by atoms with E-state index in [-0.39, 0.29) is 9.26 Å². The molecule has 0 radical (unpaired) electrons. The van der Waals surface area contributed by atoms with Crippen molar-refractivity contribution in [1.29, 1.82) is 0 Å². The molecule has 0 aromatic carbocycles. The first-order valence-corrected chi connectivity index (χ1v) is 5.47. The molecule has 0 spiro atoms. The smallest absolute Gasteiger partial charge is 0.433 e. The van der Waals surface area contributed by atoms with Crippen LogP contribution in [0.5, 0.6) is 0 Å². The molecule has 1 heterocycles. The van der Waals surface area contributed by atoms with Gasteiger partial charge in [-0.3, -0.25) is 4.79 Å². The van der Waals surface area contributed by atoms with Crippen LogP contribution in [-0.4, -0.2) is 16.1 Å². The van der Waals surface area contributed by atoms with Crippen LogP contribution in [0.25, 0.3) is 0 Å².